The van der Waals surface area contributed by atoms with Gasteiger partial charge in [-0.05, 0) is 48.9 Å². The fourth-order valence-corrected chi connectivity index (χ4v) is 2.49. The van der Waals surface area contributed by atoms with Crippen LogP contribution in [0.15, 0.2) is 42.5 Å². The zero-order valence-electron chi connectivity index (χ0n) is 11.6. The second-order valence-electron chi connectivity index (χ2n) is 4.80. The number of hydrogen-bond acceptors (Lipinski definition) is 1. The van der Waals surface area contributed by atoms with Crippen LogP contribution < -0.4 is 5.32 Å². The molecule has 2 aromatic rings. The Kier molecular flexibility index (Phi) is 4.59. The third kappa shape index (κ3) is 3.39. The molecule has 0 amide bonds. The molecule has 1 N–H and O–H groups in total. The van der Waals surface area contributed by atoms with Crippen molar-refractivity contribution in [1.82, 2.24) is 5.32 Å². The Bertz CT molecular complexity index is 620. The molecule has 112 valence electrons. The van der Waals surface area contributed by atoms with Crippen molar-refractivity contribution < 1.29 is 13.2 Å². The van der Waals surface area contributed by atoms with Crippen LogP contribution in [0.1, 0.15) is 28.3 Å². The van der Waals surface area contributed by atoms with Crippen molar-refractivity contribution in [1.29, 1.82) is 0 Å². The van der Waals surface area contributed by atoms with Gasteiger partial charge in [0.1, 0.15) is 0 Å². The van der Waals surface area contributed by atoms with Crippen molar-refractivity contribution in [3.63, 3.8) is 0 Å². The molecule has 0 heterocycles. The van der Waals surface area contributed by atoms with E-state index in [-0.39, 0.29) is 6.04 Å². The normalized spacial score (nSPS) is 13.2. The first-order valence-corrected chi connectivity index (χ1v) is 6.82. The molecule has 2 rings (SSSR count). The summed E-state index contributed by atoms with van der Waals surface area (Å²) in [6, 6.07) is 10.5. The van der Waals surface area contributed by atoms with E-state index in [9.17, 15) is 13.2 Å². The minimum absolute atomic E-state index is 0.203. The van der Waals surface area contributed by atoms with Gasteiger partial charge in [0.15, 0.2) is 0 Å². The molecule has 1 nitrogen and oxygen atoms in total. The Hall–Kier alpha value is -1.52. The fraction of sp³-hybridized carbons (Fsp3) is 0.250. The molecule has 0 radical (unpaired) electrons. The molecule has 0 aliphatic heterocycles. The van der Waals surface area contributed by atoms with Gasteiger partial charge in [-0.25, -0.2) is 0 Å². The van der Waals surface area contributed by atoms with Crippen molar-refractivity contribution in [2.24, 2.45) is 0 Å². The van der Waals surface area contributed by atoms with E-state index in [2.05, 4.69) is 5.32 Å². The summed E-state index contributed by atoms with van der Waals surface area (Å²) in [4.78, 5) is 0. The third-order valence-corrected chi connectivity index (χ3v) is 3.89. The van der Waals surface area contributed by atoms with Gasteiger partial charge >= 0.3 is 6.18 Å². The fourth-order valence-electron chi connectivity index (χ4n) is 2.30. The molecule has 1 unspecified atom stereocenters. The van der Waals surface area contributed by atoms with Gasteiger partial charge in [0.25, 0.3) is 0 Å². The van der Waals surface area contributed by atoms with Gasteiger partial charge in [-0.3, -0.25) is 0 Å². The SMILES string of the molecule is CNC(c1ccc(C(F)(F)F)cc1)c1cccc(Cl)c1C. The van der Waals surface area contributed by atoms with Crippen LogP contribution in [-0.4, -0.2) is 7.05 Å². The van der Waals surface area contributed by atoms with Gasteiger partial charge in [-0.2, -0.15) is 13.2 Å². The Morgan fingerprint density at radius 3 is 2.19 bits per heavy atom. The Balaban J connectivity index is 2.40. The van der Waals surface area contributed by atoms with Gasteiger partial charge < -0.3 is 5.32 Å². The number of hydrogen-bond donors (Lipinski definition) is 1. The Morgan fingerprint density at radius 1 is 1.05 bits per heavy atom. The number of rotatable bonds is 3. The topological polar surface area (TPSA) is 12.0 Å². The first-order valence-electron chi connectivity index (χ1n) is 6.44. The minimum atomic E-state index is -4.32. The van der Waals surface area contributed by atoms with Crippen molar-refractivity contribution in [3.05, 3.63) is 69.7 Å². The number of benzene rings is 2. The summed E-state index contributed by atoms with van der Waals surface area (Å²) in [5.41, 5.74) is 1.97. The van der Waals surface area contributed by atoms with E-state index in [1.165, 1.54) is 12.1 Å². The second kappa shape index (κ2) is 6.08. The monoisotopic (exact) mass is 313 g/mol. The molecule has 0 aliphatic carbocycles. The Morgan fingerprint density at radius 2 is 1.67 bits per heavy atom. The quantitative estimate of drug-likeness (QED) is 0.843. The maximum absolute atomic E-state index is 12.6. The Labute approximate surface area is 126 Å². The molecule has 0 saturated heterocycles. The molecule has 0 aliphatic rings. The highest BCUT2D eigenvalue weighted by Gasteiger charge is 2.30. The van der Waals surface area contributed by atoms with Crippen molar-refractivity contribution in [3.8, 4) is 0 Å². The van der Waals surface area contributed by atoms with E-state index >= 15 is 0 Å². The molecule has 0 saturated carbocycles. The number of halogens is 4. The van der Waals surface area contributed by atoms with E-state index in [0.29, 0.717) is 5.02 Å². The van der Waals surface area contributed by atoms with Gasteiger partial charge in [-0.15, -0.1) is 0 Å². The maximum Gasteiger partial charge on any atom is 0.416 e. The molecule has 5 heteroatoms. The van der Waals surface area contributed by atoms with Crippen molar-refractivity contribution in [2.45, 2.75) is 19.1 Å². The standard InChI is InChI=1S/C16H15ClF3N/c1-10-13(4-3-5-14(10)17)15(21-2)11-6-8-12(9-7-11)16(18,19)20/h3-9,15,21H,1-2H3. The van der Waals surface area contributed by atoms with E-state index < -0.39 is 11.7 Å². The first-order chi connectivity index (χ1) is 9.84. The molecule has 21 heavy (non-hydrogen) atoms. The summed E-state index contributed by atoms with van der Waals surface area (Å²) in [7, 11) is 1.77. The molecule has 1 atom stereocenters. The summed E-state index contributed by atoms with van der Waals surface area (Å²) in [5.74, 6) is 0. The number of alkyl halides is 3. The third-order valence-electron chi connectivity index (χ3n) is 3.48. The molecule has 0 aromatic heterocycles. The highest BCUT2D eigenvalue weighted by atomic mass is 35.5. The first kappa shape index (κ1) is 15.9. The summed E-state index contributed by atoms with van der Waals surface area (Å²) in [5, 5.41) is 3.76. The molecule has 2 aromatic carbocycles. The van der Waals surface area contributed by atoms with Crippen LogP contribution >= 0.6 is 11.6 Å². The van der Waals surface area contributed by atoms with Gasteiger partial charge in [0.05, 0.1) is 11.6 Å². The van der Waals surface area contributed by atoms with Gasteiger partial charge in [0, 0.05) is 5.02 Å². The van der Waals surface area contributed by atoms with Gasteiger partial charge in [0.2, 0.25) is 0 Å². The van der Waals surface area contributed by atoms with Crippen LogP contribution in [0.3, 0.4) is 0 Å². The molecular formula is C16H15ClF3N. The highest BCUT2D eigenvalue weighted by Crippen LogP contribution is 2.32. The lowest BCUT2D eigenvalue weighted by Gasteiger charge is -2.20. The van der Waals surface area contributed by atoms with E-state index in [0.717, 1.165) is 28.8 Å². The smallest absolute Gasteiger partial charge is 0.309 e. The predicted octanol–water partition coefficient (Wildman–Crippen LogP) is 4.98. The van der Waals surface area contributed by atoms with Crippen LogP contribution in [0.25, 0.3) is 0 Å². The van der Waals surface area contributed by atoms with Crippen molar-refractivity contribution >= 4 is 11.6 Å². The van der Waals surface area contributed by atoms with E-state index in [1.807, 2.05) is 19.1 Å². The lowest BCUT2D eigenvalue weighted by molar-refractivity contribution is -0.137. The predicted molar refractivity (Wildman–Crippen MR) is 78.5 cm³/mol. The average molecular weight is 314 g/mol. The van der Waals surface area contributed by atoms with Crippen LogP contribution in [-0.2, 0) is 6.18 Å². The van der Waals surface area contributed by atoms with Crippen LogP contribution in [0.5, 0.6) is 0 Å². The average Bonchev–Trinajstić information content (AvgIpc) is 2.44. The zero-order chi connectivity index (χ0) is 15.6. The molecule has 0 spiro atoms. The largest absolute Gasteiger partial charge is 0.416 e. The summed E-state index contributed by atoms with van der Waals surface area (Å²) in [6.45, 7) is 1.89. The maximum atomic E-state index is 12.6. The van der Waals surface area contributed by atoms with E-state index in [1.54, 1.807) is 13.1 Å². The summed E-state index contributed by atoms with van der Waals surface area (Å²) >= 11 is 6.11. The van der Waals surface area contributed by atoms with Crippen LogP contribution in [0.4, 0.5) is 13.2 Å². The van der Waals surface area contributed by atoms with Crippen LogP contribution in [0.2, 0.25) is 5.02 Å². The van der Waals surface area contributed by atoms with Crippen molar-refractivity contribution in [2.75, 3.05) is 7.05 Å². The summed E-state index contributed by atoms with van der Waals surface area (Å²) < 4.78 is 37.8. The second-order valence-corrected chi connectivity index (χ2v) is 5.20. The lowest BCUT2D eigenvalue weighted by Crippen LogP contribution is -2.19. The zero-order valence-corrected chi connectivity index (χ0v) is 12.4. The molecule has 0 bridgehead atoms. The van der Waals surface area contributed by atoms with Crippen LogP contribution in [0, 0.1) is 6.92 Å². The number of nitrogens with one attached hydrogen (secondary N) is 1. The minimum Gasteiger partial charge on any atom is -0.309 e. The van der Waals surface area contributed by atoms with E-state index in [4.69, 9.17) is 11.6 Å². The summed E-state index contributed by atoms with van der Waals surface area (Å²) in [6.07, 6.45) is -4.32. The highest BCUT2D eigenvalue weighted by molar-refractivity contribution is 6.31. The van der Waals surface area contributed by atoms with Gasteiger partial charge in [-0.1, -0.05) is 35.9 Å². The molecule has 0 fully saturated rings. The lowest BCUT2D eigenvalue weighted by atomic mass is 9.94. The molecular weight excluding hydrogens is 299 g/mol.